The van der Waals surface area contributed by atoms with E-state index in [1.54, 1.807) is 4.68 Å². The largest absolute Gasteiger partial charge is 0.328 e. The zero-order valence-electron chi connectivity index (χ0n) is 8.11. The van der Waals surface area contributed by atoms with E-state index in [-0.39, 0.29) is 11.8 Å². The molecule has 0 aliphatic heterocycles. The summed E-state index contributed by atoms with van der Waals surface area (Å²) in [5, 5.41) is 7.67. The fourth-order valence-corrected chi connectivity index (χ4v) is 1.18. The highest BCUT2D eigenvalue weighted by atomic mass is 16.1. The zero-order chi connectivity index (χ0) is 10.0. The monoisotopic (exact) mass is 182 g/mol. The molecule has 0 amide bonds. The summed E-state index contributed by atoms with van der Waals surface area (Å²) in [6.45, 7) is 5.73. The molecule has 0 saturated heterocycles. The lowest BCUT2D eigenvalue weighted by molar-refractivity contribution is 0.101. The molecule has 13 heavy (non-hydrogen) atoms. The number of nitrogens with zero attached hydrogens (tertiary/aromatic N) is 3. The van der Waals surface area contributed by atoms with Crippen molar-refractivity contribution < 1.29 is 4.79 Å². The van der Waals surface area contributed by atoms with Crippen molar-refractivity contribution in [3.63, 3.8) is 0 Å². The van der Waals surface area contributed by atoms with Crippen LogP contribution < -0.4 is 5.73 Å². The molecule has 1 aromatic heterocycles. The fourth-order valence-electron chi connectivity index (χ4n) is 1.18. The van der Waals surface area contributed by atoms with Crippen LogP contribution in [0.4, 0.5) is 0 Å². The molecule has 0 aliphatic carbocycles. The van der Waals surface area contributed by atoms with Gasteiger partial charge < -0.3 is 5.73 Å². The number of carbonyl (C=O) groups excluding carboxylic acids is 1. The van der Waals surface area contributed by atoms with Crippen LogP contribution >= 0.6 is 0 Å². The second-order valence-electron chi connectivity index (χ2n) is 3.11. The van der Waals surface area contributed by atoms with Gasteiger partial charge in [-0.15, -0.1) is 5.10 Å². The minimum atomic E-state index is -0.0621. The van der Waals surface area contributed by atoms with Crippen molar-refractivity contribution in [2.75, 3.05) is 6.54 Å². The van der Waals surface area contributed by atoms with Crippen LogP contribution in [-0.2, 0) is 0 Å². The molecule has 1 aromatic rings. The van der Waals surface area contributed by atoms with Crippen LogP contribution in [0.5, 0.6) is 0 Å². The molecular weight excluding hydrogens is 168 g/mol. The molecule has 72 valence electrons. The number of Topliss-reactive ketones (excluding diaryl/α,β-unsaturated/α-hetero) is 1. The molecule has 5 heteroatoms. The Balaban J connectivity index is 3.06. The lowest BCUT2D eigenvalue weighted by Gasteiger charge is -2.09. The van der Waals surface area contributed by atoms with E-state index in [1.165, 1.54) is 6.92 Å². The molecule has 1 atom stereocenters. The van der Waals surface area contributed by atoms with Crippen molar-refractivity contribution in [1.82, 2.24) is 15.0 Å². The van der Waals surface area contributed by atoms with Gasteiger partial charge in [0.2, 0.25) is 0 Å². The Labute approximate surface area is 76.9 Å². The standard InChI is InChI=1S/C8H14N4O/c1-5(4-9)12-6(2)8(7(3)13)10-11-12/h5H,4,9H2,1-3H3. The first-order valence-electron chi connectivity index (χ1n) is 4.20. The van der Waals surface area contributed by atoms with Crippen molar-refractivity contribution in [2.45, 2.75) is 26.8 Å². The summed E-state index contributed by atoms with van der Waals surface area (Å²) in [6.07, 6.45) is 0. The molecule has 1 rings (SSSR count). The Bertz CT molecular complexity index is 318. The van der Waals surface area contributed by atoms with Gasteiger partial charge in [-0.05, 0) is 13.8 Å². The van der Waals surface area contributed by atoms with Crippen LogP contribution in [0.1, 0.15) is 36.1 Å². The van der Waals surface area contributed by atoms with E-state index < -0.39 is 0 Å². The number of ketones is 1. The molecule has 0 radical (unpaired) electrons. The van der Waals surface area contributed by atoms with Crippen LogP contribution in [0, 0.1) is 6.92 Å². The quantitative estimate of drug-likeness (QED) is 0.683. The predicted octanol–water partition coefficient (Wildman–Crippen LogP) is 0.309. The van der Waals surface area contributed by atoms with E-state index in [0.29, 0.717) is 12.2 Å². The van der Waals surface area contributed by atoms with Crippen molar-refractivity contribution in [2.24, 2.45) is 5.73 Å². The van der Waals surface area contributed by atoms with Crippen molar-refractivity contribution in [3.05, 3.63) is 11.4 Å². The first-order chi connectivity index (χ1) is 6.07. The number of carbonyl (C=O) groups is 1. The number of rotatable bonds is 3. The van der Waals surface area contributed by atoms with Gasteiger partial charge in [-0.1, -0.05) is 5.21 Å². The van der Waals surface area contributed by atoms with E-state index in [0.717, 1.165) is 5.69 Å². The first kappa shape index (κ1) is 9.85. The summed E-state index contributed by atoms with van der Waals surface area (Å²) in [7, 11) is 0. The number of hydrogen-bond donors (Lipinski definition) is 1. The van der Waals surface area contributed by atoms with Crippen LogP contribution in [0.25, 0.3) is 0 Å². The van der Waals surface area contributed by atoms with Gasteiger partial charge in [-0.25, -0.2) is 4.68 Å². The van der Waals surface area contributed by atoms with Crippen molar-refractivity contribution in [3.8, 4) is 0 Å². The molecule has 0 aliphatic rings. The minimum absolute atomic E-state index is 0.0621. The third-order valence-corrected chi connectivity index (χ3v) is 2.02. The number of aromatic nitrogens is 3. The average Bonchev–Trinajstić information content (AvgIpc) is 2.46. The Kier molecular flexibility index (Phi) is 2.77. The van der Waals surface area contributed by atoms with E-state index >= 15 is 0 Å². The van der Waals surface area contributed by atoms with Gasteiger partial charge >= 0.3 is 0 Å². The molecular formula is C8H14N4O. The van der Waals surface area contributed by atoms with E-state index in [9.17, 15) is 4.79 Å². The van der Waals surface area contributed by atoms with Gasteiger partial charge in [0, 0.05) is 13.5 Å². The summed E-state index contributed by atoms with van der Waals surface area (Å²) in [5.74, 6) is -0.0621. The number of nitrogens with two attached hydrogens (primary N) is 1. The van der Waals surface area contributed by atoms with Crippen LogP contribution in [0.2, 0.25) is 0 Å². The van der Waals surface area contributed by atoms with Gasteiger partial charge in [0.15, 0.2) is 11.5 Å². The Morgan fingerprint density at radius 3 is 2.69 bits per heavy atom. The lowest BCUT2D eigenvalue weighted by atomic mass is 10.2. The second kappa shape index (κ2) is 3.66. The average molecular weight is 182 g/mol. The van der Waals surface area contributed by atoms with Crippen molar-refractivity contribution in [1.29, 1.82) is 0 Å². The molecule has 5 nitrogen and oxygen atoms in total. The Morgan fingerprint density at radius 2 is 2.31 bits per heavy atom. The molecule has 0 bridgehead atoms. The topological polar surface area (TPSA) is 73.8 Å². The summed E-state index contributed by atoms with van der Waals surface area (Å²) < 4.78 is 1.68. The van der Waals surface area contributed by atoms with Gasteiger partial charge in [0.25, 0.3) is 0 Å². The maximum atomic E-state index is 11.0. The minimum Gasteiger partial charge on any atom is -0.328 e. The van der Waals surface area contributed by atoms with Gasteiger partial charge in [0.05, 0.1) is 11.7 Å². The first-order valence-corrected chi connectivity index (χ1v) is 4.20. The predicted molar refractivity (Wildman–Crippen MR) is 48.5 cm³/mol. The molecule has 1 heterocycles. The Morgan fingerprint density at radius 1 is 1.69 bits per heavy atom. The van der Waals surface area contributed by atoms with Gasteiger partial charge in [0.1, 0.15) is 0 Å². The fraction of sp³-hybridized carbons (Fsp3) is 0.625. The lowest BCUT2D eigenvalue weighted by Crippen LogP contribution is -2.18. The van der Waals surface area contributed by atoms with E-state index in [2.05, 4.69) is 10.3 Å². The summed E-state index contributed by atoms with van der Waals surface area (Å²) in [5.41, 5.74) is 6.70. The molecule has 0 spiro atoms. The summed E-state index contributed by atoms with van der Waals surface area (Å²) in [4.78, 5) is 11.0. The smallest absolute Gasteiger partial charge is 0.181 e. The van der Waals surface area contributed by atoms with Crippen molar-refractivity contribution >= 4 is 5.78 Å². The van der Waals surface area contributed by atoms with Gasteiger partial charge in [-0.3, -0.25) is 4.79 Å². The highest BCUT2D eigenvalue weighted by molar-refractivity contribution is 5.92. The summed E-state index contributed by atoms with van der Waals surface area (Å²) in [6, 6.07) is 0.0839. The highest BCUT2D eigenvalue weighted by Gasteiger charge is 2.14. The molecule has 2 N–H and O–H groups in total. The van der Waals surface area contributed by atoms with E-state index in [1.807, 2.05) is 13.8 Å². The Hall–Kier alpha value is -1.23. The normalized spacial score (nSPS) is 12.9. The van der Waals surface area contributed by atoms with E-state index in [4.69, 9.17) is 5.73 Å². The van der Waals surface area contributed by atoms with Crippen LogP contribution in [-0.4, -0.2) is 27.3 Å². The summed E-state index contributed by atoms with van der Waals surface area (Å²) >= 11 is 0. The molecule has 0 fully saturated rings. The maximum Gasteiger partial charge on any atom is 0.181 e. The maximum absolute atomic E-state index is 11.0. The van der Waals surface area contributed by atoms with Gasteiger partial charge in [-0.2, -0.15) is 0 Å². The third kappa shape index (κ3) is 1.75. The molecule has 1 unspecified atom stereocenters. The SMILES string of the molecule is CC(=O)c1nnn(C(C)CN)c1C. The molecule has 0 aromatic carbocycles. The number of hydrogen-bond acceptors (Lipinski definition) is 4. The second-order valence-corrected chi connectivity index (χ2v) is 3.11. The molecule has 0 saturated carbocycles. The van der Waals surface area contributed by atoms with Crippen LogP contribution in [0.15, 0.2) is 0 Å². The third-order valence-electron chi connectivity index (χ3n) is 2.02. The highest BCUT2D eigenvalue weighted by Crippen LogP contribution is 2.09. The zero-order valence-corrected chi connectivity index (χ0v) is 8.11. The van der Waals surface area contributed by atoms with Crippen LogP contribution in [0.3, 0.4) is 0 Å².